The molecule has 3 aliphatic heterocycles. The van der Waals surface area contributed by atoms with Crippen LogP contribution >= 0.6 is 11.6 Å². The number of aryl methyl sites for hydroxylation is 1. The highest BCUT2D eigenvalue weighted by Gasteiger charge is 2.56. The first kappa shape index (κ1) is 27.2. The van der Waals surface area contributed by atoms with Crippen molar-refractivity contribution in [1.29, 1.82) is 0 Å². The van der Waals surface area contributed by atoms with Gasteiger partial charge in [-0.2, -0.15) is 23.1 Å². The Balaban J connectivity index is 1.43. The van der Waals surface area contributed by atoms with E-state index in [2.05, 4.69) is 15.0 Å². The molecule has 0 spiro atoms. The van der Waals surface area contributed by atoms with Gasteiger partial charge in [-0.3, -0.25) is 4.90 Å². The number of hydrogen-bond acceptors (Lipinski definition) is 8. The molecule has 0 amide bonds. The van der Waals surface area contributed by atoms with E-state index in [1.54, 1.807) is 4.90 Å². The van der Waals surface area contributed by atoms with Crippen LogP contribution in [0.2, 0.25) is 5.02 Å². The average Bonchev–Trinajstić information content (AvgIpc) is 3.30. The van der Waals surface area contributed by atoms with Crippen molar-refractivity contribution in [2.45, 2.75) is 56.3 Å². The van der Waals surface area contributed by atoms with Gasteiger partial charge in [0.1, 0.15) is 36.1 Å². The van der Waals surface area contributed by atoms with Gasteiger partial charge in [-0.1, -0.05) is 11.6 Å². The summed E-state index contributed by atoms with van der Waals surface area (Å²) in [5, 5.41) is -0.532. The second kappa shape index (κ2) is 10.5. The molecule has 5 heterocycles. The molecule has 1 aliphatic carbocycles. The van der Waals surface area contributed by atoms with Gasteiger partial charge in [-0.25, -0.2) is 18.2 Å². The fourth-order valence-corrected chi connectivity index (χ4v) is 7.25. The number of nitrogens with two attached hydrogens (primary N) is 1. The number of nitrogens with zero attached hydrogens (tertiary/aromatic N) is 5. The van der Waals surface area contributed by atoms with E-state index in [9.17, 15) is 22.0 Å². The van der Waals surface area contributed by atoms with Gasteiger partial charge in [0.05, 0.1) is 49.4 Å². The normalized spacial score (nSPS) is 29.7. The number of nitrogen functional groups attached to an aromatic ring is 1. The van der Waals surface area contributed by atoms with Gasteiger partial charge < -0.3 is 20.1 Å². The number of halogens is 7. The lowest BCUT2D eigenvalue weighted by molar-refractivity contribution is -0.137. The van der Waals surface area contributed by atoms with Gasteiger partial charge in [0.15, 0.2) is 5.82 Å². The quantitative estimate of drug-likeness (QED) is 0.363. The molecule has 15 heteroatoms. The first-order valence-electron chi connectivity index (χ1n) is 15.2. The molecule has 44 heavy (non-hydrogen) atoms. The topological polar surface area (TPSA) is 89.6 Å². The SMILES string of the molecule is [2H]C([2H])(Oc1nc(N2CCOC[C@H]3[C@H](F)[C@H]32)c2cc(Cl)c(-c3nc(N)cc(C)c3C(F)(F)F)c(F)c2n1)[C@@]12CCCN1C[C@H](F)C2. The second-order valence-electron chi connectivity index (χ2n) is 11.8. The lowest BCUT2D eigenvalue weighted by atomic mass is 9.95. The molecular formula is C29H29ClF6N6O2. The molecule has 8 nitrogen and oxygen atoms in total. The molecule has 0 unspecified atom stereocenters. The molecule has 3 aromatic rings. The highest BCUT2D eigenvalue weighted by atomic mass is 35.5. The Bertz CT molecular complexity index is 1740. The third-order valence-electron chi connectivity index (χ3n) is 8.98. The molecule has 0 radical (unpaired) electrons. The number of rotatable bonds is 5. The lowest BCUT2D eigenvalue weighted by Crippen LogP contribution is -2.43. The third kappa shape index (κ3) is 4.80. The summed E-state index contributed by atoms with van der Waals surface area (Å²) in [7, 11) is 0. The summed E-state index contributed by atoms with van der Waals surface area (Å²) < 4.78 is 118. The smallest absolute Gasteiger partial charge is 0.418 e. The van der Waals surface area contributed by atoms with Crippen molar-refractivity contribution >= 4 is 34.1 Å². The molecule has 0 bridgehead atoms. The van der Waals surface area contributed by atoms with Crippen molar-refractivity contribution in [3.05, 3.63) is 34.1 Å². The van der Waals surface area contributed by atoms with E-state index < -0.39 is 81.8 Å². The van der Waals surface area contributed by atoms with Gasteiger partial charge in [-0.05, 0) is 44.0 Å². The highest BCUT2D eigenvalue weighted by Crippen LogP contribution is 2.48. The van der Waals surface area contributed by atoms with E-state index in [0.717, 1.165) is 13.0 Å². The summed E-state index contributed by atoms with van der Waals surface area (Å²) in [6.07, 6.45) is -6.83. The summed E-state index contributed by atoms with van der Waals surface area (Å²) in [4.78, 5) is 15.6. The number of alkyl halides is 5. The summed E-state index contributed by atoms with van der Waals surface area (Å²) in [5.74, 6) is -2.20. The number of hydrogen-bond donors (Lipinski definition) is 1. The van der Waals surface area contributed by atoms with Crippen LogP contribution < -0.4 is 15.4 Å². The second-order valence-corrected chi connectivity index (χ2v) is 12.2. The monoisotopic (exact) mass is 644 g/mol. The van der Waals surface area contributed by atoms with Crippen LogP contribution in [0.15, 0.2) is 12.1 Å². The molecule has 3 saturated heterocycles. The third-order valence-corrected chi connectivity index (χ3v) is 9.28. The fourth-order valence-electron chi connectivity index (χ4n) is 6.97. The maximum absolute atomic E-state index is 16.7. The molecule has 2 N–H and O–H groups in total. The van der Waals surface area contributed by atoms with Crippen molar-refractivity contribution in [2.75, 3.05) is 50.0 Å². The van der Waals surface area contributed by atoms with Crippen LogP contribution in [0.5, 0.6) is 6.01 Å². The average molecular weight is 645 g/mol. The first-order valence-corrected chi connectivity index (χ1v) is 14.6. The van der Waals surface area contributed by atoms with Gasteiger partial charge in [0, 0.05) is 30.8 Å². The minimum absolute atomic E-state index is 0.0199. The molecule has 4 aliphatic rings. The number of ether oxygens (including phenoxy) is 2. The Hall–Kier alpha value is -3.10. The minimum atomic E-state index is -4.96. The Morgan fingerprint density at radius 2 is 2.02 bits per heavy atom. The molecule has 5 atom stereocenters. The van der Waals surface area contributed by atoms with E-state index in [1.165, 1.54) is 11.0 Å². The van der Waals surface area contributed by atoms with Gasteiger partial charge >= 0.3 is 12.2 Å². The first-order chi connectivity index (χ1) is 21.6. The largest absolute Gasteiger partial charge is 0.461 e. The maximum Gasteiger partial charge on any atom is 0.418 e. The van der Waals surface area contributed by atoms with E-state index in [0.29, 0.717) is 13.0 Å². The van der Waals surface area contributed by atoms with Gasteiger partial charge in [-0.15, -0.1) is 0 Å². The zero-order chi connectivity index (χ0) is 32.9. The molecule has 236 valence electrons. The summed E-state index contributed by atoms with van der Waals surface area (Å²) in [6.45, 7) is -0.532. The predicted molar refractivity (Wildman–Crippen MR) is 151 cm³/mol. The van der Waals surface area contributed by atoms with Gasteiger partial charge in [0.25, 0.3) is 0 Å². The fraction of sp³-hybridized carbons (Fsp3) is 0.552. The van der Waals surface area contributed by atoms with Crippen LogP contribution in [0, 0.1) is 18.7 Å². The molecule has 1 aromatic carbocycles. The zero-order valence-corrected chi connectivity index (χ0v) is 24.2. The number of pyridine rings is 1. The van der Waals surface area contributed by atoms with Crippen molar-refractivity contribution in [3.8, 4) is 17.3 Å². The lowest BCUT2D eigenvalue weighted by Gasteiger charge is -2.31. The number of fused-ring (bicyclic) bond motifs is 3. The number of benzene rings is 1. The summed E-state index contributed by atoms with van der Waals surface area (Å²) in [5.41, 5.74) is 0.716. The highest BCUT2D eigenvalue weighted by molar-refractivity contribution is 6.34. The summed E-state index contributed by atoms with van der Waals surface area (Å²) >= 11 is 6.50. The maximum atomic E-state index is 16.7. The Kier molecular flexibility index (Phi) is 6.49. The standard InChI is InChI=1S/C29H29ClF6N6O2/c1-13-7-18(37)38-24(20(13)29(34,35)36)19-17(30)8-15-23(22(19)33)39-27(44-12-28-3-2-4-41(28)10-14(31)9-28)40-26(15)42-5-6-43-11-16-21(32)25(16)42/h7-8,14,16,21,25H,2-6,9-12H2,1H3,(H2,37,38)/t14-,16+,21+,25+,28+/m1/s1/i12D2. The van der Waals surface area contributed by atoms with Crippen molar-refractivity contribution < 1.29 is 38.6 Å². The number of anilines is 2. The van der Waals surface area contributed by atoms with Crippen LogP contribution in [-0.4, -0.2) is 83.2 Å². The molecular weight excluding hydrogens is 614 g/mol. The Morgan fingerprint density at radius 3 is 2.80 bits per heavy atom. The molecule has 7 rings (SSSR count). The predicted octanol–water partition coefficient (Wildman–Crippen LogP) is 5.52. The van der Waals surface area contributed by atoms with Crippen LogP contribution in [0.25, 0.3) is 22.2 Å². The molecule has 1 saturated carbocycles. The zero-order valence-electron chi connectivity index (χ0n) is 25.4. The van der Waals surface area contributed by atoms with E-state index in [-0.39, 0.29) is 61.7 Å². The van der Waals surface area contributed by atoms with Gasteiger partial charge in [0.2, 0.25) is 0 Å². The van der Waals surface area contributed by atoms with Crippen LogP contribution in [-0.2, 0) is 10.9 Å². The van der Waals surface area contributed by atoms with E-state index in [1.807, 2.05) is 0 Å². The van der Waals surface area contributed by atoms with Crippen LogP contribution in [0.1, 0.15) is 33.1 Å². The van der Waals surface area contributed by atoms with Crippen LogP contribution in [0.4, 0.5) is 38.0 Å². The van der Waals surface area contributed by atoms with Crippen molar-refractivity contribution in [1.82, 2.24) is 19.9 Å². The Morgan fingerprint density at radius 1 is 1.23 bits per heavy atom. The van der Waals surface area contributed by atoms with Crippen LogP contribution in [0.3, 0.4) is 0 Å². The van der Waals surface area contributed by atoms with E-state index in [4.69, 9.17) is 29.5 Å². The van der Waals surface area contributed by atoms with E-state index >= 15 is 4.39 Å². The molecule has 4 fully saturated rings. The molecule has 2 aromatic heterocycles. The van der Waals surface area contributed by atoms with Crippen molar-refractivity contribution in [3.63, 3.8) is 0 Å². The Labute approximate surface area is 256 Å². The minimum Gasteiger partial charge on any atom is -0.461 e. The number of aromatic nitrogens is 3. The van der Waals surface area contributed by atoms with Crippen molar-refractivity contribution in [2.24, 2.45) is 5.92 Å². The summed E-state index contributed by atoms with van der Waals surface area (Å²) in [6, 6.07) is 0.800.